The van der Waals surface area contributed by atoms with Gasteiger partial charge in [0.15, 0.2) is 17.5 Å². The maximum Gasteiger partial charge on any atom is 0.226 e. The first-order valence-corrected chi connectivity index (χ1v) is 10.5. The molecule has 2 N–H and O–H groups in total. The van der Waals surface area contributed by atoms with Crippen LogP contribution in [0.25, 0.3) is 11.5 Å². The molecule has 8 heteroatoms. The van der Waals surface area contributed by atoms with Gasteiger partial charge >= 0.3 is 0 Å². The predicted molar refractivity (Wildman–Crippen MR) is 138 cm³/mol. The van der Waals surface area contributed by atoms with Crippen LogP contribution in [0.15, 0.2) is 58.1 Å². The minimum absolute atomic E-state index is 0. The van der Waals surface area contributed by atoms with Crippen LogP contribution in [-0.4, -0.2) is 31.2 Å². The van der Waals surface area contributed by atoms with Gasteiger partial charge < -0.3 is 24.5 Å². The number of rotatable bonds is 9. The molecule has 0 fully saturated rings. The first kappa shape index (κ1) is 25.5. The Hall–Kier alpha value is -2.75. The molecule has 32 heavy (non-hydrogen) atoms. The Balaban J connectivity index is 0.00000363. The van der Waals surface area contributed by atoms with E-state index in [2.05, 4.69) is 27.5 Å². The quantitative estimate of drug-likeness (QED) is 0.224. The van der Waals surface area contributed by atoms with Crippen molar-refractivity contribution in [3.63, 3.8) is 0 Å². The number of benzene rings is 2. The number of halogens is 1. The molecule has 0 saturated heterocycles. The van der Waals surface area contributed by atoms with Crippen LogP contribution in [0.5, 0.6) is 11.5 Å². The van der Waals surface area contributed by atoms with Gasteiger partial charge in [0.25, 0.3) is 0 Å². The lowest BCUT2D eigenvalue weighted by molar-refractivity contribution is 0.310. The molecule has 0 aliphatic heterocycles. The zero-order chi connectivity index (χ0) is 22.1. The molecule has 0 saturated carbocycles. The number of aromatic nitrogens is 1. The van der Waals surface area contributed by atoms with Crippen molar-refractivity contribution in [3.8, 4) is 23.0 Å². The number of aryl methyl sites for hydroxylation is 1. The van der Waals surface area contributed by atoms with Crippen LogP contribution >= 0.6 is 24.0 Å². The van der Waals surface area contributed by atoms with Crippen LogP contribution in [-0.2, 0) is 13.1 Å². The van der Waals surface area contributed by atoms with Gasteiger partial charge in [0.05, 0.1) is 32.5 Å². The molecule has 0 aliphatic rings. The summed E-state index contributed by atoms with van der Waals surface area (Å²) in [6.07, 6.45) is 1.67. The molecule has 1 aromatic heterocycles. The molecule has 3 aromatic rings. The second-order valence-corrected chi connectivity index (χ2v) is 6.98. The Bertz CT molecular complexity index is 1000. The highest BCUT2D eigenvalue weighted by Crippen LogP contribution is 2.28. The zero-order valence-electron chi connectivity index (χ0n) is 19.0. The van der Waals surface area contributed by atoms with Crippen LogP contribution < -0.4 is 20.1 Å². The van der Waals surface area contributed by atoms with Crippen molar-refractivity contribution in [1.29, 1.82) is 0 Å². The third-order valence-electron chi connectivity index (χ3n) is 4.58. The normalized spacial score (nSPS) is 10.9. The fourth-order valence-corrected chi connectivity index (χ4v) is 2.99. The van der Waals surface area contributed by atoms with Gasteiger partial charge in [-0.25, -0.2) is 9.98 Å². The zero-order valence-corrected chi connectivity index (χ0v) is 21.3. The molecule has 0 radical (unpaired) electrons. The number of oxazole rings is 1. The van der Waals surface area contributed by atoms with Gasteiger partial charge in [0.2, 0.25) is 5.89 Å². The van der Waals surface area contributed by atoms with Crippen molar-refractivity contribution < 1.29 is 13.9 Å². The summed E-state index contributed by atoms with van der Waals surface area (Å²) in [6.45, 7) is 8.39. The van der Waals surface area contributed by atoms with Gasteiger partial charge in [0.1, 0.15) is 6.26 Å². The second kappa shape index (κ2) is 12.9. The molecule has 0 aliphatic carbocycles. The van der Waals surface area contributed by atoms with Gasteiger partial charge in [-0.15, -0.1) is 24.0 Å². The molecular weight excluding hydrogens is 519 g/mol. The monoisotopic (exact) mass is 550 g/mol. The highest BCUT2D eigenvalue weighted by Gasteiger charge is 2.08. The molecule has 0 bridgehead atoms. The molecule has 7 nitrogen and oxygen atoms in total. The van der Waals surface area contributed by atoms with E-state index < -0.39 is 0 Å². The topological polar surface area (TPSA) is 80.9 Å². The number of hydrogen-bond donors (Lipinski definition) is 2. The van der Waals surface area contributed by atoms with Crippen molar-refractivity contribution in [3.05, 3.63) is 65.5 Å². The Morgan fingerprint density at radius 3 is 2.53 bits per heavy atom. The summed E-state index contributed by atoms with van der Waals surface area (Å²) in [6, 6.07) is 14.0. The lowest BCUT2D eigenvalue weighted by Crippen LogP contribution is -2.36. The number of methoxy groups -OCH3 is 1. The largest absolute Gasteiger partial charge is 0.493 e. The van der Waals surface area contributed by atoms with Crippen LogP contribution in [0.2, 0.25) is 0 Å². The van der Waals surface area contributed by atoms with E-state index in [-0.39, 0.29) is 24.0 Å². The van der Waals surface area contributed by atoms with E-state index in [9.17, 15) is 0 Å². The maximum atomic E-state index is 5.65. The predicted octanol–water partition coefficient (Wildman–Crippen LogP) is 4.93. The van der Waals surface area contributed by atoms with E-state index in [4.69, 9.17) is 13.9 Å². The molecule has 1 heterocycles. The van der Waals surface area contributed by atoms with Crippen molar-refractivity contribution in [1.82, 2.24) is 15.6 Å². The van der Waals surface area contributed by atoms with Crippen LogP contribution in [0.3, 0.4) is 0 Å². The highest BCUT2D eigenvalue weighted by atomic mass is 127. The molecule has 0 amide bonds. The molecule has 2 aromatic carbocycles. The fraction of sp³-hybridized carbons (Fsp3) is 0.333. The number of hydrogen-bond acceptors (Lipinski definition) is 5. The van der Waals surface area contributed by atoms with Crippen molar-refractivity contribution in [2.75, 3.05) is 20.3 Å². The summed E-state index contributed by atoms with van der Waals surface area (Å²) >= 11 is 0. The van der Waals surface area contributed by atoms with Crippen molar-refractivity contribution >= 4 is 29.9 Å². The van der Waals surface area contributed by atoms with E-state index in [1.807, 2.05) is 56.3 Å². The van der Waals surface area contributed by atoms with Gasteiger partial charge in [-0.3, -0.25) is 0 Å². The lowest BCUT2D eigenvalue weighted by atomic mass is 10.1. The number of guanidine groups is 1. The van der Waals surface area contributed by atoms with Crippen LogP contribution in [0.1, 0.15) is 30.7 Å². The van der Waals surface area contributed by atoms with Gasteiger partial charge in [-0.1, -0.05) is 23.8 Å². The minimum Gasteiger partial charge on any atom is -0.493 e. The molecule has 0 unspecified atom stereocenters. The SMILES string of the molecule is CCNC(=NCc1ccc(OC)c(OCC)c1)NCc1coc(-c2ccc(C)cc2)n1.I. The third kappa shape index (κ3) is 7.15. The number of nitrogens with zero attached hydrogens (tertiary/aromatic N) is 2. The van der Waals surface area contributed by atoms with Gasteiger partial charge in [0, 0.05) is 12.1 Å². The number of ether oxygens (including phenoxy) is 2. The van der Waals surface area contributed by atoms with E-state index >= 15 is 0 Å². The highest BCUT2D eigenvalue weighted by molar-refractivity contribution is 14.0. The first-order valence-electron chi connectivity index (χ1n) is 10.5. The van der Waals surface area contributed by atoms with Crippen molar-refractivity contribution in [2.45, 2.75) is 33.9 Å². The lowest BCUT2D eigenvalue weighted by Gasteiger charge is -2.12. The van der Waals surface area contributed by atoms with Crippen LogP contribution in [0, 0.1) is 6.92 Å². The number of aliphatic imine (C=N–C) groups is 1. The van der Waals surface area contributed by atoms with Crippen molar-refractivity contribution in [2.24, 2.45) is 4.99 Å². The summed E-state index contributed by atoms with van der Waals surface area (Å²) in [4.78, 5) is 9.24. The Morgan fingerprint density at radius 1 is 1.06 bits per heavy atom. The van der Waals surface area contributed by atoms with E-state index in [1.165, 1.54) is 5.56 Å². The standard InChI is InChI=1S/C24H30N4O3.HI/c1-5-25-24(26-14-18-9-12-21(29-4)22(13-18)30-6-2)27-15-20-16-31-23(28-20)19-10-7-17(3)8-11-19;/h7-13,16H,5-6,14-15H2,1-4H3,(H2,25,26,27);1H. The van der Waals surface area contributed by atoms with Crippen LogP contribution in [0.4, 0.5) is 0 Å². The summed E-state index contributed by atoms with van der Waals surface area (Å²) in [5.74, 6) is 2.76. The fourth-order valence-electron chi connectivity index (χ4n) is 2.99. The third-order valence-corrected chi connectivity index (χ3v) is 4.58. The molecule has 3 rings (SSSR count). The first-order chi connectivity index (χ1) is 15.1. The Morgan fingerprint density at radius 2 is 1.84 bits per heavy atom. The Labute approximate surface area is 206 Å². The molecular formula is C24H31IN4O3. The second-order valence-electron chi connectivity index (χ2n) is 6.98. The minimum atomic E-state index is 0. The average molecular weight is 550 g/mol. The van der Waals surface area contributed by atoms with E-state index in [0.717, 1.165) is 34.9 Å². The summed E-state index contributed by atoms with van der Waals surface area (Å²) in [5.41, 5.74) is 4.00. The molecule has 0 spiro atoms. The number of nitrogens with one attached hydrogen (secondary N) is 2. The maximum absolute atomic E-state index is 5.65. The summed E-state index contributed by atoms with van der Waals surface area (Å²) < 4.78 is 16.6. The molecule has 0 atom stereocenters. The Kier molecular flexibility index (Phi) is 10.3. The summed E-state index contributed by atoms with van der Waals surface area (Å²) in [5, 5.41) is 6.56. The average Bonchev–Trinajstić information content (AvgIpc) is 3.25. The van der Waals surface area contributed by atoms with E-state index in [1.54, 1.807) is 13.4 Å². The smallest absolute Gasteiger partial charge is 0.226 e. The van der Waals surface area contributed by atoms with Gasteiger partial charge in [-0.2, -0.15) is 0 Å². The van der Waals surface area contributed by atoms with Gasteiger partial charge in [-0.05, 0) is 50.6 Å². The van der Waals surface area contributed by atoms with E-state index in [0.29, 0.717) is 31.5 Å². The summed E-state index contributed by atoms with van der Waals surface area (Å²) in [7, 11) is 1.64. The molecule has 172 valence electrons.